The zero-order valence-electron chi connectivity index (χ0n) is 19.9. The number of ether oxygens (including phenoxy) is 2. The van der Waals surface area contributed by atoms with Crippen molar-refractivity contribution in [3.8, 4) is 11.1 Å². The fourth-order valence-corrected chi connectivity index (χ4v) is 4.87. The van der Waals surface area contributed by atoms with Gasteiger partial charge in [0.15, 0.2) is 0 Å². The van der Waals surface area contributed by atoms with Crippen LogP contribution < -0.4 is 10.6 Å². The van der Waals surface area contributed by atoms with Gasteiger partial charge in [-0.2, -0.15) is 0 Å². The Labute approximate surface area is 205 Å². The fourth-order valence-electron chi connectivity index (χ4n) is 4.87. The second kappa shape index (κ2) is 11.4. The van der Waals surface area contributed by atoms with Gasteiger partial charge in [-0.15, -0.1) is 0 Å². The summed E-state index contributed by atoms with van der Waals surface area (Å²) in [6, 6.07) is 16.2. The van der Waals surface area contributed by atoms with Crippen LogP contribution in [-0.4, -0.2) is 54.5 Å². The highest BCUT2D eigenvalue weighted by molar-refractivity contribution is 5.81. The van der Waals surface area contributed by atoms with Crippen LogP contribution in [0.4, 0.5) is 4.79 Å². The van der Waals surface area contributed by atoms with Crippen LogP contribution in [0.5, 0.6) is 0 Å². The second-order valence-electron chi connectivity index (χ2n) is 9.08. The molecule has 1 aliphatic heterocycles. The van der Waals surface area contributed by atoms with Gasteiger partial charge in [-0.3, -0.25) is 9.59 Å². The van der Waals surface area contributed by atoms with Crippen molar-refractivity contribution in [1.29, 1.82) is 0 Å². The van der Waals surface area contributed by atoms with E-state index < -0.39 is 18.2 Å². The molecule has 8 nitrogen and oxygen atoms in total. The molecule has 1 saturated heterocycles. The van der Waals surface area contributed by atoms with E-state index in [2.05, 4.69) is 34.9 Å². The normalized spacial score (nSPS) is 19.5. The third kappa shape index (κ3) is 6.00. The van der Waals surface area contributed by atoms with Crippen LogP contribution in [0.15, 0.2) is 48.5 Å². The molecule has 1 heterocycles. The van der Waals surface area contributed by atoms with Crippen molar-refractivity contribution in [2.24, 2.45) is 0 Å². The molecular weight excluding hydrogens is 448 g/mol. The molecule has 0 spiro atoms. The molecule has 1 fully saturated rings. The van der Waals surface area contributed by atoms with Crippen LogP contribution in [0.2, 0.25) is 0 Å². The molecule has 3 N–H and O–H groups in total. The quantitative estimate of drug-likeness (QED) is 0.476. The van der Waals surface area contributed by atoms with Crippen molar-refractivity contribution in [3.63, 3.8) is 0 Å². The lowest BCUT2D eigenvalue weighted by Crippen LogP contribution is -2.42. The first-order valence-corrected chi connectivity index (χ1v) is 12.2. The van der Waals surface area contributed by atoms with Crippen molar-refractivity contribution in [1.82, 2.24) is 10.6 Å². The summed E-state index contributed by atoms with van der Waals surface area (Å²) in [5.41, 5.74) is 4.66. The number of aliphatic carboxylic acids is 1. The molecule has 0 saturated carbocycles. The number of nitrogens with one attached hydrogen (secondary N) is 2. The van der Waals surface area contributed by atoms with Gasteiger partial charge in [-0.25, -0.2) is 4.79 Å². The number of benzene rings is 2. The molecule has 2 amide bonds. The van der Waals surface area contributed by atoms with E-state index in [1.807, 2.05) is 31.2 Å². The standard InChI is InChI=1S/C27H32N2O6/c1-2-17(11-14-25(30)31)29-26(32)24-13-12-18(35-24)15-28-27(33)34-16-23-21-9-5-3-7-19(21)20-8-4-6-10-22(20)23/h3-10,17-18,23-24H,2,11-16H2,1H3,(H,28,33)(H,29,32)(H,30,31). The predicted molar refractivity (Wildman–Crippen MR) is 130 cm³/mol. The maximum absolute atomic E-state index is 12.5. The summed E-state index contributed by atoms with van der Waals surface area (Å²) in [6.45, 7) is 2.41. The summed E-state index contributed by atoms with van der Waals surface area (Å²) >= 11 is 0. The van der Waals surface area contributed by atoms with Crippen LogP contribution in [0.25, 0.3) is 11.1 Å². The maximum Gasteiger partial charge on any atom is 0.407 e. The molecule has 3 unspecified atom stereocenters. The van der Waals surface area contributed by atoms with Gasteiger partial charge in [0.25, 0.3) is 0 Å². The molecule has 1 aliphatic carbocycles. The third-order valence-corrected chi connectivity index (χ3v) is 6.76. The largest absolute Gasteiger partial charge is 0.481 e. The average Bonchev–Trinajstić information content (AvgIpc) is 3.47. The van der Waals surface area contributed by atoms with E-state index in [0.717, 1.165) is 11.1 Å². The molecule has 8 heteroatoms. The molecule has 3 atom stereocenters. The fraction of sp³-hybridized carbons (Fsp3) is 0.444. The minimum absolute atomic E-state index is 0.00315. The molecule has 0 bridgehead atoms. The number of hydrogen-bond donors (Lipinski definition) is 3. The van der Waals surface area contributed by atoms with Crippen LogP contribution in [0, 0.1) is 0 Å². The molecule has 35 heavy (non-hydrogen) atoms. The Bertz CT molecular complexity index is 1030. The van der Waals surface area contributed by atoms with Crippen molar-refractivity contribution in [2.45, 2.75) is 63.2 Å². The molecule has 186 valence electrons. The highest BCUT2D eigenvalue weighted by Crippen LogP contribution is 2.44. The molecular formula is C27H32N2O6. The van der Waals surface area contributed by atoms with Crippen molar-refractivity contribution in [2.75, 3.05) is 13.2 Å². The van der Waals surface area contributed by atoms with Gasteiger partial charge in [0.1, 0.15) is 12.7 Å². The molecule has 0 radical (unpaired) electrons. The Balaban J connectivity index is 1.22. The zero-order valence-corrected chi connectivity index (χ0v) is 19.9. The summed E-state index contributed by atoms with van der Waals surface area (Å²) in [5, 5.41) is 14.5. The Morgan fingerprint density at radius 3 is 2.34 bits per heavy atom. The first kappa shape index (κ1) is 24.7. The molecule has 2 aromatic rings. The Hall–Kier alpha value is -3.39. The summed E-state index contributed by atoms with van der Waals surface area (Å²) in [6.07, 6.45) is 0.870. The average molecular weight is 481 g/mol. The van der Waals surface area contributed by atoms with Crippen molar-refractivity contribution < 1.29 is 29.0 Å². The van der Waals surface area contributed by atoms with Crippen LogP contribution in [0.3, 0.4) is 0 Å². The Morgan fingerprint density at radius 2 is 1.71 bits per heavy atom. The molecule has 2 aromatic carbocycles. The van der Waals surface area contributed by atoms with Crippen LogP contribution in [0.1, 0.15) is 56.1 Å². The van der Waals surface area contributed by atoms with Gasteiger partial charge in [0, 0.05) is 24.9 Å². The predicted octanol–water partition coefficient (Wildman–Crippen LogP) is 3.83. The minimum Gasteiger partial charge on any atom is -0.481 e. The number of carbonyl (C=O) groups is 3. The zero-order chi connectivity index (χ0) is 24.8. The van der Waals surface area contributed by atoms with Gasteiger partial charge in [-0.05, 0) is 47.9 Å². The maximum atomic E-state index is 12.5. The SMILES string of the molecule is CCC(CCC(=O)O)NC(=O)C1CCC(CNC(=O)OCC2c3ccccc3-c3ccccc32)O1. The van der Waals surface area contributed by atoms with E-state index in [0.29, 0.717) is 25.7 Å². The van der Waals surface area contributed by atoms with E-state index in [1.54, 1.807) is 0 Å². The first-order valence-electron chi connectivity index (χ1n) is 12.2. The highest BCUT2D eigenvalue weighted by Gasteiger charge is 2.32. The van der Waals surface area contributed by atoms with Gasteiger partial charge >= 0.3 is 12.1 Å². The molecule has 4 rings (SSSR count). The lowest BCUT2D eigenvalue weighted by molar-refractivity contribution is -0.138. The van der Waals surface area contributed by atoms with E-state index in [-0.39, 0.29) is 43.5 Å². The lowest BCUT2D eigenvalue weighted by atomic mass is 9.98. The number of fused-ring (bicyclic) bond motifs is 3. The molecule has 2 aliphatic rings. The number of carbonyl (C=O) groups excluding carboxylic acids is 2. The van der Waals surface area contributed by atoms with E-state index in [1.165, 1.54) is 11.1 Å². The Kier molecular flexibility index (Phi) is 8.02. The number of rotatable bonds is 10. The van der Waals surface area contributed by atoms with Crippen LogP contribution >= 0.6 is 0 Å². The third-order valence-electron chi connectivity index (χ3n) is 6.76. The van der Waals surface area contributed by atoms with Gasteiger partial charge < -0.3 is 25.2 Å². The monoisotopic (exact) mass is 480 g/mol. The highest BCUT2D eigenvalue weighted by atomic mass is 16.5. The lowest BCUT2D eigenvalue weighted by Gasteiger charge is -2.19. The van der Waals surface area contributed by atoms with E-state index >= 15 is 0 Å². The van der Waals surface area contributed by atoms with Crippen LogP contribution in [-0.2, 0) is 19.1 Å². The Morgan fingerprint density at radius 1 is 1.06 bits per heavy atom. The van der Waals surface area contributed by atoms with Crippen molar-refractivity contribution >= 4 is 18.0 Å². The van der Waals surface area contributed by atoms with E-state index in [4.69, 9.17) is 14.6 Å². The van der Waals surface area contributed by atoms with E-state index in [9.17, 15) is 14.4 Å². The smallest absolute Gasteiger partial charge is 0.407 e. The number of carboxylic acids is 1. The minimum atomic E-state index is -0.880. The molecule has 0 aromatic heterocycles. The summed E-state index contributed by atoms with van der Waals surface area (Å²) < 4.78 is 11.4. The summed E-state index contributed by atoms with van der Waals surface area (Å²) in [5.74, 6) is -1.11. The summed E-state index contributed by atoms with van der Waals surface area (Å²) in [7, 11) is 0. The topological polar surface area (TPSA) is 114 Å². The summed E-state index contributed by atoms with van der Waals surface area (Å²) in [4.78, 5) is 35.7. The van der Waals surface area contributed by atoms with Crippen molar-refractivity contribution in [3.05, 3.63) is 59.7 Å². The second-order valence-corrected chi connectivity index (χ2v) is 9.08. The van der Waals surface area contributed by atoms with Gasteiger partial charge in [0.2, 0.25) is 5.91 Å². The first-order chi connectivity index (χ1) is 17.0. The van der Waals surface area contributed by atoms with Gasteiger partial charge in [0.05, 0.1) is 6.10 Å². The number of hydrogen-bond acceptors (Lipinski definition) is 5. The number of amides is 2. The number of alkyl carbamates (subject to hydrolysis) is 1. The van der Waals surface area contributed by atoms with Gasteiger partial charge in [-0.1, -0.05) is 55.5 Å². The number of carboxylic acid groups (broad SMARTS) is 1.